The predicted octanol–water partition coefficient (Wildman–Crippen LogP) is 1.83. The molecule has 1 aromatic carbocycles. The summed E-state index contributed by atoms with van der Waals surface area (Å²) in [6.07, 6.45) is 3.24. The Kier molecular flexibility index (Phi) is 4.17. The zero-order chi connectivity index (χ0) is 16.4. The molecule has 0 unspecified atom stereocenters. The number of rotatable bonds is 5. The Morgan fingerprint density at radius 1 is 1.33 bits per heavy atom. The molecule has 2 aromatic rings. The van der Waals surface area contributed by atoms with Gasteiger partial charge in [0, 0.05) is 31.6 Å². The summed E-state index contributed by atoms with van der Waals surface area (Å²) in [5.41, 5.74) is 1.73. The van der Waals surface area contributed by atoms with Crippen LogP contribution in [0.25, 0.3) is 0 Å². The van der Waals surface area contributed by atoms with Crippen LogP contribution in [0.4, 0.5) is 0 Å². The highest BCUT2D eigenvalue weighted by Crippen LogP contribution is 2.27. The van der Waals surface area contributed by atoms with E-state index in [1.165, 1.54) is 0 Å². The molecule has 0 bridgehead atoms. The number of benzene rings is 1. The van der Waals surface area contributed by atoms with Crippen LogP contribution in [0.2, 0.25) is 0 Å². The van der Waals surface area contributed by atoms with E-state index in [9.17, 15) is 4.79 Å². The third-order valence-electron chi connectivity index (χ3n) is 4.27. The molecule has 2 aliphatic rings. The Morgan fingerprint density at radius 2 is 2.29 bits per heavy atom. The van der Waals surface area contributed by atoms with E-state index in [2.05, 4.69) is 15.5 Å². The highest BCUT2D eigenvalue weighted by atomic mass is 16.5. The van der Waals surface area contributed by atoms with Crippen molar-refractivity contribution in [3.8, 4) is 5.75 Å². The zero-order valence-corrected chi connectivity index (χ0v) is 13.3. The van der Waals surface area contributed by atoms with Crippen LogP contribution in [0.3, 0.4) is 0 Å². The topological polar surface area (TPSA) is 86.5 Å². The molecule has 4 rings (SSSR count). The van der Waals surface area contributed by atoms with Gasteiger partial charge in [0.05, 0.1) is 6.61 Å². The molecule has 0 radical (unpaired) electrons. The molecule has 2 aliphatic heterocycles. The molecule has 0 aliphatic carbocycles. The van der Waals surface area contributed by atoms with Crippen molar-refractivity contribution in [2.75, 3.05) is 19.8 Å². The van der Waals surface area contributed by atoms with Crippen molar-refractivity contribution in [1.29, 1.82) is 0 Å². The quantitative estimate of drug-likeness (QED) is 0.900. The number of hydrogen-bond acceptors (Lipinski definition) is 6. The first-order valence-corrected chi connectivity index (χ1v) is 8.27. The van der Waals surface area contributed by atoms with Gasteiger partial charge in [0.1, 0.15) is 11.9 Å². The van der Waals surface area contributed by atoms with Gasteiger partial charge in [-0.1, -0.05) is 5.16 Å². The average molecular weight is 329 g/mol. The molecule has 1 atom stereocenters. The minimum atomic E-state index is -0.104. The Labute approximate surface area is 139 Å². The van der Waals surface area contributed by atoms with E-state index in [4.69, 9.17) is 14.0 Å². The van der Waals surface area contributed by atoms with Crippen LogP contribution in [-0.2, 0) is 17.6 Å². The number of fused-ring (bicyclic) bond motifs is 1. The first-order chi connectivity index (χ1) is 11.8. The molecule has 24 heavy (non-hydrogen) atoms. The van der Waals surface area contributed by atoms with E-state index in [0.29, 0.717) is 36.9 Å². The summed E-state index contributed by atoms with van der Waals surface area (Å²) >= 11 is 0. The monoisotopic (exact) mass is 329 g/mol. The number of nitrogens with zero attached hydrogens (tertiary/aromatic N) is 2. The summed E-state index contributed by atoms with van der Waals surface area (Å²) in [7, 11) is 0. The van der Waals surface area contributed by atoms with E-state index < -0.39 is 0 Å². The zero-order valence-electron chi connectivity index (χ0n) is 13.3. The number of carbonyl (C=O) groups excluding carboxylic acids is 1. The van der Waals surface area contributed by atoms with Crippen LogP contribution >= 0.6 is 0 Å². The third-order valence-corrected chi connectivity index (χ3v) is 4.27. The van der Waals surface area contributed by atoms with Gasteiger partial charge < -0.3 is 19.3 Å². The van der Waals surface area contributed by atoms with E-state index in [-0.39, 0.29) is 12.0 Å². The molecule has 0 saturated carbocycles. The predicted molar refractivity (Wildman–Crippen MR) is 83.9 cm³/mol. The van der Waals surface area contributed by atoms with Crippen molar-refractivity contribution >= 4 is 5.91 Å². The lowest BCUT2D eigenvalue weighted by Crippen LogP contribution is -2.26. The number of carbonyl (C=O) groups is 1. The third kappa shape index (κ3) is 3.12. The second-order valence-corrected chi connectivity index (χ2v) is 5.98. The smallest absolute Gasteiger partial charge is 0.255 e. The van der Waals surface area contributed by atoms with Crippen LogP contribution in [-0.4, -0.2) is 35.8 Å². The average Bonchev–Trinajstić information content (AvgIpc) is 3.34. The van der Waals surface area contributed by atoms with Crippen molar-refractivity contribution in [3.05, 3.63) is 41.0 Å². The Morgan fingerprint density at radius 3 is 3.17 bits per heavy atom. The summed E-state index contributed by atoms with van der Waals surface area (Å²) in [5, 5.41) is 6.83. The van der Waals surface area contributed by atoms with Gasteiger partial charge in [0.15, 0.2) is 5.82 Å². The molecule has 1 amide bonds. The fraction of sp³-hybridized carbons (Fsp3) is 0.471. The van der Waals surface area contributed by atoms with Gasteiger partial charge in [-0.2, -0.15) is 4.98 Å². The second kappa shape index (κ2) is 6.60. The molecule has 0 spiro atoms. The lowest BCUT2D eigenvalue weighted by molar-refractivity contribution is 0.0835. The minimum Gasteiger partial charge on any atom is -0.493 e. The van der Waals surface area contributed by atoms with E-state index in [1.807, 2.05) is 12.1 Å². The van der Waals surface area contributed by atoms with Crippen molar-refractivity contribution < 1.29 is 18.8 Å². The van der Waals surface area contributed by atoms with Crippen LogP contribution < -0.4 is 10.1 Å². The largest absolute Gasteiger partial charge is 0.493 e. The van der Waals surface area contributed by atoms with E-state index in [1.54, 1.807) is 6.07 Å². The van der Waals surface area contributed by atoms with Gasteiger partial charge in [0.25, 0.3) is 11.8 Å². The molecule has 1 N–H and O–H groups in total. The number of ether oxygens (including phenoxy) is 2. The standard InChI is InChI=1S/C17H19N3O4/c21-16(12-3-4-13-11(10-12)6-9-23-13)18-7-5-15-19-17(24-20-15)14-2-1-8-22-14/h3-4,10,14H,1-2,5-9H2,(H,18,21)/t14-/m1/s1. The number of nitrogens with one attached hydrogen (secondary N) is 1. The van der Waals surface area contributed by atoms with Crippen LogP contribution in [0.15, 0.2) is 22.7 Å². The van der Waals surface area contributed by atoms with Crippen molar-refractivity contribution in [1.82, 2.24) is 15.5 Å². The minimum absolute atomic E-state index is 0.0746. The normalized spacial score (nSPS) is 19.1. The summed E-state index contributed by atoms with van der Waals surface area (Å²) in [5.74, 6) is 1.89. The van der Waals surface area contributed by atoms with Gasteiger partial charge in [-0.25, -0.2) is 0 Å². The molecule has 1 aromatic heterocycles. The van der Waals surface area contributed by atoms with Crippen LogP contribution in [0.5, 0.6) is 5.75 Å². The van der Waals surface area contributed by atoms with Crippen LogP contribution in [0.1, 0.15) is 46.6 Å². The molecular weight excluding hydrogens is 310 g/mol. The fourth-order valence-corrected chi connectivity index (χ4v) is 2.99. The van der Waals surface area contributed by atoms with Gasteiger partial charge in [-0.3, -0.25) is 4.79 Å². The summed E-state index contributed by atoms with van der Waals surface area (Å²) < 4.78 is 16.2. The van der Waals surface area contributed by atoms with Crippen molar-refractivity contribution in [3.63, 3.8) is 0 Å². The SMILES string of the molecule is O=C(NCCc1noc([C@H]2CCCO2)n1)c1ccc2c(c1)CCO2. The molecule has 7 nitrogen and oxygen atoms in total. The molecule has 1 saturated heterocycles. The molecule has 7 heteroatoms. The maximum atomic E-state index is 12.2. The lowest BCUT2D eigenvalue weighted by Gasteiger charge is -2.05. The Hall–Kier alpha value is -2.41. The van der Waals surface area contributed by atoms with Gasteiger partial charge >= 0.3 is 0 Å². The van der Waals surface area contributed by atoms with Crippen molar-refractivity contribution in [2.45, 2.75) is 31.8 Å². The highest BCUT2D eigenvalue weighted by molar-refractivity contribution is 5.94. The maximum absolute atomic E-state index is 12.2. The number of hydrogen-bond donors (Lipinski definition) is 1. The molecule has 3 heterocycles. The van der Waals surface area contributed by atoms with Crippen LogP contribution in [0, 0.1) is 0 Å². The first-order valence-electron chi connectivity index (χ1n) is 8.27. The van der Waals surface area contributed by atoms with E-state index in [0.717, 1.165) is 37.2 Å². The Balaban J connectivity index is 1.30. The molecule has 1 fully saturated rings. The van der Waals surface area contributed by atoms with E-state index >= 15 is 0 Å². The van der Waals surface area contributed by atoms with Gasteiger partial charge in [0.2, 0.25) is 0 Å². The van der Waals surface area contributed by atoms with Gasteiger partial charge in [-0.15, -0.1) is 0 Å². The fourth-order valence-electron chi connectivity index (χ4n) is 2.99. The number of amides is 1. The van der Waals surface area contributed by atoms with Crippen molar-refractivity contribution in [2.24, 2.45) is 0 Å². The first kappa shape index (κ1) is 15.1. The second-order valence-electron chi connectivity index (χ2n) is 5.98. The summed E-state index contributed by atoms with van der Waals surface area (Å²) in [4.78, 5) is 16.6. The number of aromatic nitrogens is 2. The highest BCUT2D eigenvalue weighted by Gasteiger charge is 2.23. The molecule has 126 valence electrons. The lowest BCUT2D eigenvalue weighted by atomic mass is 10.1. The Bertz CT molecular complexity index is 737. The molecular formula is C17H19N3O4. The van der Waals surface area contributed by atoms with Gasteiger partial charge in [-0.05, 0) is 36.6 Å². The maximum Gasteiger partial charge on any atom is 0.255 e. The summed E-state index contributed by atoms with van der Waals surface area (Å²) in [6, 6.07) is 5.52. The summed E-state index contributed by atoms with van der Waals surface area (Å²) in [6.45, 7) is 1.88.